The molecule has 1 aromatic heterocycles. The summed E-state index contributed by atoms with van der Waals surface area (Å²) in [4.78, 5) is 8.76. The second kappa shape index (κ2) is 7.99. The zero-order chi connectivity index (χ0) is 15.1. The van der Waals surface area contributed by atoms with Crippen LogP contribution < -0.4 is 5.32 Å². The van der Waals surface area contributed by atoms with Gasteiger partial charge in [-0.1, -0.05) is 5.16 Å². The highest BCUT2D eigenvalue weighted by Gasteiger charge is 2.18. The molecule has 0 spiro atoms. The van der Waals surface area contributed by atoms with Crippen molar-refractivity contribution in [1.29, 1.82) is 0 Å². The van der Waals surface area contributed by atoms with Gasteiger partial charge in [-0.3, -0.25) is 9.89 Å². The van der Waals surface area contributed by atoms with E-state index in [4.69, 9.17) is 9.26 Å². The molecule has 0 amide bonds. The minimum atomic E-state index is 0.482. The first-order valence-corrected chi connectivity index (χ1v) is 7.33. The first-order chi connectivity index (χ1) is 10.2. The summed E-state index contributed by atoms with van der Waals surface area (Å²) in [5.41, 5.74) is 0.891. The third kappa shape index (κ3) is 4.71. The summed E-state index contributed by atoms with van der Waals surface area (Å²) in [5, 5.41) is 7.30. The van der Waals surface area contributed by atoms with Crippen LogP contribution in [0, 0.1) is 0 Å². The molecule has 2 heterocycles. The van der Waals surface area contributed by atoms with Crippen molar-refractivity contribution in [2.24, 2.45) is 4.99 Å². The van der Waals surface area contributed by atoms with Crippen LogP contribution in [0.2, 0.25) is 0 Å². The number of nitrogens with one attached hydrogen (secondary N) is 1. The molecule has 0 radical (unpaired) electrons. The van der Waals surface area contributed by atoms with Gasteiger partial charge in [0.25, 0.3) is 0 Å². The molecule has 7 nitrogen and oxygen atoms in total. The molecule has 0 aromatic carbocycles. The molecule has 0 bridgehead atoms. The summed E-state index contributed by atoms with van der Waals surface area (Å²) in [6, 6.07) is 2.34. The van der Waals surface area contributed by atoms with E-state index in [0.29, 0.717) is 12.6 Å². The second-order valence-corrected chi connectivity index (χ2v) is 5.28. The highest BCUT2D eigenvalue weighted by molar-refractivity contribution is 5.79. The number of ether oxygens (including phenoxy) is 1. The van der Waals surface area contributed by atoms with Crippen LogP contribution in [0.3, 0.4) is 0 Å². The van der Waals surface area contributed by atoms with E-state index in [9.17, 15) is 0 Å². The third-order valence-electron chi connectivity index (χ3n) is 3.65. The van der Waals surface area contributed by atoms with Gasteiger partial charge >= 0.3 is 0 Å². The summed E-state index contributed by atoms with van der Waals surface area (Å²) >= 11 is 0. The van der Waals surface area contributed by atoms with Crippen LogP contribution in [0.1, 0.15) is 12.6 Å². The Balaban J connectivity index is 1.74. The summed E-state index contributed by atoms with van der Waals surface area (Å²) in [6.07, 6.45) is 1.58. The molecule has 0 aliphatic carbocycles. The molecule has 7 heteroatoms. The van der Waals surface area contributed by atoms with Gasteiger partial charge in [-0.15, -0.1) is 0 Å². The minimum absolute atomic E-state index is 0.482. The van der Waals surface area contributed by atoms with Crippen LogP contribution in [0.25, 0.3) is 0 Å². The molecule has 1 aliphatic heterocycles. The number of hydrogen-bond donors (Lipinski definition) is 1. The molecule has 1 aliphatic rings. The van der Waals surface area contributed by atoms with E-state index in [0.717, 1.165) is 44.5 Å². The molecule has 1 unspecified atom stereocenters. The van der Waals surface area contributed by atoms with Crippen molar-refractivity contribution in [2.75, 3.05) is 46.9 Å². The molecule has 1 aromatic rings. The molecule has 1 fully saturated rings. The zero-order valence-corrected chi connectivity index (χ0v) is 13.1. The van der Waals surface area contributed by atoms with Crippen LogP contribution in [-0.4, -0.2) is 73.9 Å². The first-order valence-electron chi connectivity index (χ1n) is 7.33. The van der Waals surface area contributed by atoms with E-state index in [1.807, 2.05) is 18.0 Å². The van der Waals surface area contributed by atoms with Gasteiger partial charge < -0.3 is 19.5 Å². The number of guanidine groups is 1. The SMILES string of the molecule is CN=C(NCCN1CCOCC1C)N(C)Cc1ccon1. The third-order valence-corrected chi connectivity index (χ3v) is 3.65. The maximum Gasteiger partial charge on any atom is 0.193 e. The Morgan fingerprint density at radius 3 is 3.14 bits per heavy atom. The smallest absolute Gasteiger partial charge is 0.193 e. The standard InChI is InChI=1S/C14H25N5O2/c1-12-11-20-9-7-19(12)6-5-16-14(15-2)18(3)10-13-4-8-21-17-13/h4,8,12H,5-7,9-11H2,1-3H3,(H,15,16). The normalized spacial score (nSPS) is 20.5. The first kappa shape index (κ1) is 15.8. The molecule has 0 saturated carbocycles. The Morgan fingerprint density at radius 1 is 1.62 bits per heavy atom. The van der Waals surface area contributed by atoms with Gasteiger partial charge in [0.2, 0.25) is 0 Å². The summed E-state index contributed by atoms with van der Waals surface area (Å²) in [6.45, 7) is 7.36. The van der Waals surface area contributed by atoms with E-state index < -0.39 is 0 Å². The van der Waals surface area contributed by atoms with E-state index in [2.05, 4.69) is 27.3 Å². The lowest BCUT2D eigenvalue weighted by Crippen LogP contribution is -2.48. The van der Waals surface area contributed by atoms with Gasteiger partial charge in [0, 0.05) is 45.8 Å². The largest absolute Gasteiger partial charge is 0.379 e. The Kier molecular flexibility index (Phi) is 6.01. The van der Waals surface area contributed by atoms with E-state index in [-0.39, 0.29) is 0 Å². The van der Waals surface area contributed by atoms with Gasteiger partial charge in [-0.2, -0.15) is 0 Å². The number of rotatable bonds is 5. The van der Waals surface area contributed by atoms with Crippen molar-refractivity contribution >= 4 is 5.96 Å². The fourth-order valence-electron chi connectivity index (χ4n) is 2.43. The van der Waals surface area contributed by atoms with Gasteiger partial charge in [-0.05, 0) is 6.92 Å². The number of aliphatic imine (C=N–C) groups is 1. The summed E-state index contributed by atoms with van der Waals surface area (Å²) in [7, 11) is 3.78. The Hall–Kier alpha value is -1.60. The van der Waals surface area contributed by atoms with Crippen molar-refractivity contribution in [3.63, 3.8) is 0 Å². The number of hydrogen-bond acceptors (Lipinski definition) is 5. The van der Waals surface area contributed by atoms with Crippen LogP contribution in [0.5, 0.6) is 0 Å². The molecule has 2 rings (SSSR count). The number of nitrogens with zero attached hydrogens (tertiary/aromatic N) is 4. The molecule has 1 atom stereocenters. The van der Waals surface area contributed by atoms with Crippen molar-refractivity contribution in [3.05, 3.63) is 18.0 Å². The maximum absolute atomic E-state index is 5.45. The lowest BCUT2D eigenvalue weighted by molar-refractivity contribution is 0.000832. The van der Waals surface area contributed by atoms with Crippen molar-refractivity contribution < 1.29 is 9.26 Å². The monoisotopic (exact) mass is 295 g/mol. The van der Waals surface area contributed by atoms with Crippen molar-refractivity contribution in [3.8, 4) is 0 Å². The predicted octanol–water partition coefficient (Wildman–Crippen LogP) is 0.403. The highest BCUT2D eigenvalue weighted by atomic mass is 16.5. The number of aromatic nitrogens is 1. The Morgan fingerprint density at radius 2 is 2.48 bits per heavy atom. The number of morpholine rings is 1. The molecular formula is C14H25N5O2. The lowest BCUT2D eigenvalue weighted by Gasteiger charge is -2.33. The fourth-order valence-corrected chi connectivity index (χ4v) is 2.43. The van der Waals surface area contributed by atoms with Crippen LogP contribution in [0.4, 0.5) is 0 Å². The predicted molar refractivity (Wildman–Crippen MR) is 81.2 cm³/mol. The molecule has 1 N–H and O–H groups in total. The topological polar surface area (TPSA) is 66.1 Å². The van der Waals surface area contributed by atoms with Crippen molar-refractivity contribution in [1.82, 2.24) is 20.3 Å². The minimum Gasteiger partial charge on any atom is -0.379 e. The van der Waals surface area contributed by atoms with E-state index >= 15 is 0 Å². The van der Waals surface area contributed by atoms with Crippen LogP contribution >= 0.6 is 0 Å². The summed E-state index contributed by atoms with van der Waals surface area (Å²) in [5.74, 6) is 0.860. The summed E-state index contributed by atoms with van der Waals surface area (Å²) < 4.78 is 10.3. The molecule has 1 saturated heterocycles. The molecule has 118 valence electrons. The van der Waals surface area contributed by atoms with Gasteiger partial charge in [0.15, 0.2) is 5.96 Å². The fraction of sp³-hybridized carbons (Fsp3) is 0.714. The van der Waals surface area contributed by atoms with Gasteiger partial charge in [0.1, 0.15) is 12.0 Å². The van der Waals surface area contributed by atoms with E-state index in [1.165, 1.54) is 0 Å². The second-order valence-electron chi connectivity index (χ2n) is 5.28. The van der Waals surface area contributed by atoms with Gasteiger partial charge in [-0.25, -0.2) is 0 Å². The average molecular weight is 295 g/mol. The zero-order valence-electron chi connectivity index (χ0n) is 13.1. The van der Waals surface area contributed by atoms with Crippen LogP contribution in [0.15, 0.2) is 21.8 Å². The van der Waals surface area contributed by atoms with Crippen molar-refractivity contribution in [2.45, 2.75) is 19.5 Å². The Labute approximate surface area is 125 Å². The van der Waals surface area contributed by atoms with E-state index in [1.54, 1.807) is 13.3 Å². The molecular weight excluding hydrogens is 270 g/mol. The Bertz CT molecular complexity index is 435. The average Bonchev–Trinajstić information content (AvgIpc) is 2.98. The quantitative estimate of drug-likeness (QED) is 0.627. The van der Waals surface area contributed by atoms with Gasteiger partial charge in [0.05, 0.1) is 19.8 Å². The van der Waals surface area contributed by atoms with Crippen LogP contribution in [-0.2, 0) is 11.3 Å². The lowest BCUT2D eigenvalue weighted by atomic mass is 10.2. The maximum atomic E-state index is 5.45. The molecule has 21 heavy (non-hydrogen) atoms. The highest BCUT2D eigenvalue weighted by Crippen LogP contribution is 2.05.